The van der Waals surface area contributed by atoms with E-state index in [9.17, 15) is 24.3 Å². The Hall–Kier alpha value is -4.06. The van der Waals surface area contributed by atoms with E-state index in [1.807, 2.05) is 0 Å². The Kier molecular flexibility index (Phi) is 13.8. The van der Waals surface area contributed by atoms with Crippen molar-refractivity contribution in [2.45, 2.75) is 26.6 Å². The predicted molar refractivity (Wildman–Crippen MR) is 127 cm³/mol. The van der Waals surface area contributed by atoms with E-state index in [-0.39, 0.29) is 57.3 Å². The van der Waals surface area contributed by atoms with Gasteiger partial charge in [-0.1, -0.05) is 31.4 Å². The number of carbonyl (C=O) groups excluding carboxylic acids is 4. The fourth-order valence-corrected chi connectivity index (χ4v) is 2.26. The number of hydrogen-bond donors (Lipinski definition) is 3. The molecule has 1 rings (SSSR count). The Labute approximate surface area is 209 Å². The molecule has 1 aromatic carbocycles. The van der Waals surface area contributed by atoms with E-state index in [2.05, 4.69) is 23.8 Å². The number of amides is 2. The maximum Gasteiger partial charge on any atom is 0.407 e. The van der Waals surface area contributed by atoms with Crippen LogP contribution in [0.25, 0.3) is 0 Å². The second kappa shape index (κ2) is 16.5. The second-order valence-electron chi connectivity index (χ2n) is 7.43. The molecule has 1 aromatic rings. The third kappa shape index (κ3) is 13.0. The van der Waals surface area contributed by atoms with E-state index in [0.717, 1.165) is 0 Å². The van der Waals surface area contributed by atoms with Gasteiger partial charge in [-0.25, -0.2) is 19.2 Å². The first-order valence-corrected chi connectivity index (χ1v) is 11.0. The zero-order chi connectivity index (χ0) is 26.9. The summed E-state index contributed by atoms with van der Waals surface area (Å²) in [6, 6.07) is 6.72. The summed E-state index contributed by atoms with van der Waals surface area (Å²) in [5.74, 6) is -0.750. The minimum absolute atomic E-state index is 0.0269. The van der Waals surface area contributed by atoms with E-state index in [1.165, 1.54) is 13.8 Å². The number of rotatable bonds is 15. The van der Waals surface area contributed by atoms with Gasteiger partial charge in [0.25, 0.3) is 0 Å². The highest BCUT2D eigenvalue weighted by molar-refractivity contribution is 5.87. The van der Waals surface area contributed by atoms with Crippen LogP contribution in [0.1, 0.15) is 19.4 Å². The van der Waals surface area contributed by atoms with Crippen molar-refractivity contribution in [2.75, 3.05) is 39.5 Å². The fourth-order valence-electron chi connectivity index (χ4n) is 2.26. The Morgan fingerprint density at radius 1 is 0.833 bits per heavy atom. The van der Waals surface area contributed by atoms with Crippen molar-refractivity contribution in [3.8, 4) is 5.75 Å². The molecule has 0 heterocycles. The Morgan fingerprint density at radius 3 is 1.92 bits per heavy atom. The largest absolute Gasteiger partial charge is 0.490 e. The van der Waals surface area contributed by atoms with Gasteiger partial charge < -0.3 is 39.4 Å². The summed E-state index contributed by atoms with van der Waals surface area (Å²) in [4.78, 5) is 46.0. The third-order valence-electron chi connectivity index (χ3n) is 4.08. The maximum atomic E-state index is 11.8. The van der Waals surface area contributed by atoms with Crippen molar-refractivity contribution in [1.82, 2.24) is 10.6 Å². The molecule has 0 bridgehead atoms. The van der Waals surface area contributed by atoms with E-state index >= 15 is 0 Å². The number of aliphatic hydroxyl groups is 1. The third-order valence-corrected chi connectivity index (χ3v) is 4.08. The number of ether oxygens (including phenoxy) is 5. The molecule has 198 valence electrons. The minimum atomic E-state index is -1.13. The van der Waals surface area contributed by atoms with Gasteiger partial charge in [-0.2, -0.15) is 0 Å². The van der Waals surface area contributed by atoms with Crippen LogP contribution in [0.5, 0.6) is 5.75 Å². The molecule has 0 saturated heterocycles. The zero-order valence-corrected chi connectivity index (χ0v) is 20.4. The summed E-state index contributed by atoms with van der Waals surface area (Å²) < 4.78 is 25.2. The molecule has 0 aliphatic carbocycles. The molecule has 36 heavy (non-hydrogen) atoms. The van der Waals surface area contributed by atoms with Crippen molar-refractivity contribution in [3.05, 3.63) is 54.1 Å². The van der Waals surface area contributed by atoms with Crippen molar-refractivity contribution >= 4 is 24.1 Å². The molecule has 3 N–H and O–H groups in total. The molecule has 12 nitrogen and oxygen atoms in total. The lowest BCUT2D eigenvalue weighted by Crippen LogP contribution is -2.32. The topological polar surface area (TPSA) is 159 Å². The van der Waals surface area contributed by atoms with Gasteiger partial charge in [-0.3, -0.25) is 0 Å². The minimum Gasteiger partial charge on any atom is -0.490 e. The monoisotopic (exact) mass is 508 g/mol. The first-order chi connectivity index (χ1) is 17.1. The highest BCUT2D eigenvalue weighted by Crippen LogP contribution is 2.19. The van der Waals surface area contributed by atoms with Crippen molar-refractivity contribution in [2.24, 2.45) is 0 Å². The van der Waals surface area contributed by atoms with Gasteiger partial charge in [-0.05, 0) is 19.9 Å². The first kappa shape index (κ1) is 30.0. The number of para-hydroxylation sites is 1. The SMILES string of the molecule is C=C(C)C(=O)OCCNC(=O)OCc1ccccc1OCC(O)COC(=O)NCCOC(=O)C(=C)C. The van der Waals surface area contributed by atoms with E-state index < -0.39 is 30.2 Å². The van der Waals surface area contributed by atoms with Crippen LogP contribution in [0.15, 0.2) is 48.6 Å². The van der Waals surface area contributed by atoms with Crippen LogP contribution in [0.3, 0.4) is 0 Å². The van der Waals surface area contributed by atoms with Crippen LogP contribution in [-0.2, 0) is 35.1 Å². The van der Waals surface area contributed by atoms with Gasteiger partial charge in [0.15, 0.2) is 0 Å². The lowest BCUT2D eigenvalue weighted by Gasteiger charge is -2.15. The summed E-state index contributed by atoms with van der Waals surface area (Å²) in [6.45, 7) is 9.29. The van der Waals surface area contributed by atoms with Gasteiger partial charge in [0.1, 0.15) is 44.9 Å². The molecule has 0 aliphatic rings. The Balaban J connectivity index is 2.31. The predicted octanol–water partition coefficient (Wildman–Crippen LogP) is 1.62. The van der Waals surface area contributed by atoms with Crippen LogP contribution in [0, 0.1) is 0 Å². The number of hydrogen-bond acceptors (Lipinski definition) is 10. The number of carbonyl (C=O) groups is 4. The quantitative estimate of drug-likeness (QED) is 0.138. The molecule has 0 radical (unpaired) electrons. The molecule has 12 heteroatoms. The van der Waals surface area contributed by atoms with E-state index in [0.29, 0.717) is 11.3 Å². The number of aliphatic hydroxyl groups excluding tert-OH is 1. The summed E-state index contributed by atoms with van der Waals surface area (Å²) >= 11 is 0. The van der Waals surface area contributed by atoms with Gasteiger partial charge >= 0.3 is 24.1 Å². The van der Waals surface area contributed by atoms with Gasteiger partial charge in [0.05, 0.1) is 13.1 Å². The molecule has 1 atom stereocenters. The number of nitrogens with one attached hydrogen (secondary N) is 2. The molecular formula is C24H32N2O10. The van der Waals surface area contributed by atoms with Gasteiger partial charge in [0, 0.05) is 16.7 Å². The molecule has 0 aromatic heterocycles. The molecular weight excluding hydrogens is 476 g/mol. The number of benzene rings is 1. The van der Waals surface area contributed by atoms with Gasteiger partial charge in [-0.15, -0.1) is 0 Å². The zero-order valence-electron chi connectivity index (χ0n) is 20.4. The van der Waals surface area contributed by atoms with Crippen LogP contribution < -0.4 is 15.4 Å². The molecule has 0 aliphatic heterocycles. The molecule has 0 fully saturated rings. The van der Waals surface area contributed by atoms with Crippen LogP contribution in [-0.4, -0.2) is 74.9 Å². The summed E-state index contributed by atoms with van der Waals surface area (Å²) in [5, 5.41) is 14.8. The fraction of sp³-hybridized carbons (Fsp3) is 0.417. The number of esters is 2. The molecule has 1 unspecified atom stereocenters. The van der Waals surface area contributed by atoms with Crippen molar-refractivity contribution in [3.63, 3.8) is 0 Å². The summed E-state index contributed by atoms with van der Waals surface area (Å²) in [6.07, 6.45) is -2.64. The lowest BCUT2D eigenvalue weighted by molar-refractivity contribution is -0.139. The highest BCUT2D eigenvalue weighted by atomic mass is 16.6. The number of alkyl carbamates (subject to hydrolysis) is 2. The van der Waals surface area contributed by atoms with Crippen LogP contribution >= 0.6 is 0 Å². The average Bonchev–Trinajstić information content (AvgIpc) is 2.85. The van der Waals surface area contributed by atoms with Crippen LogP contribution in [0.4, 0.5) is 9.59 Å². The van der Waals surface area contributed by atoms with Gasteiger partial charge in [0.2, 0.25) is 0 Å². The summed E-state index contributed by atoms with van der Waals surface area (Å²) in [5.41, 5.74) is 1.04. The Bertz CT molecular complexity index is 931. The second-order valence-corrected chi connectivity index (χ2v) is 7.43. The Morgan fingerprint density at radius 2 is 1.36 bits per heavy atom. The summed E-state index contributed by atoms with van der Waals surface area (Å²) in [7, 11) is 0. The van der Waals surface area contributed by atoms with Crippen molar-refractivity contribution < 1.29 is 48.0 Å². The highest BCUT2D eigenvalue weighted by Gasteiger charge is 2.13. The smallest absolute Gasteiger partial charge is 0.407 e. The van der Waals surface area contributed by atoms with Crippen LogP contribution in [0.2, 0.25) is 0 Å². The first-order valence-electron chi connectivity index (χ1n) is 11.0. The molecule has 0 spiro atoms. The van der Waals surface area contributed by atoms with E-state index in [1.54, 1.807) is 24.3 Å². The average molecular weight is 509 g/mol. The normalized spacial score (nSPS) is 10.9. The van der Waals surface area contributed by atoms with Crippen molar-refractivity contribution in [1.29, 1.82) is 0 Å². The van der Waals surface area contributed by atoms with E-state index in [4.69, 9.17) is 23.7 Å². The molecule has 2 amide bonds. The molecule has 0 saturated carbocycles. The maximum absolute atomic E-state index is 11.8. The standard InChI is InChI=1S/C24H32N2O10/c1-16(2)21(28)32-11-9-25-23(30)35-13-18-7-5-6-8-20(18)34-14-19(27)15-36-24(31)26-10-12-33-22(29)17(3)4/h5-8,19,27H,1,3,9-15H2,2,4H3,(H,25,30)(H,26,31). The lowest BCUT2D eigenvalue weighted by atomic mass is 10.2.